The first-order valence-corrected chi connectivity index (χ1v) is 8.62. The molecule has 1 amide bonds. The standard InChI is InChI=1S/C16H17FN4O3S/c17-11-4-3-10(12(8-11)24-14(22)9-18)7-13-15(23)20-16(25-13)21-6-2-1-5-19-21/h3-4,7-8,19H,1-2,5-6,9,18H2/b13-7+. The third-order valence-corrected chi connectivity index (χ3v) is 4.61. The van der Waals surface area contributed by atoms with E-state index in [1.54, 1.807) is 0 Å². The van der Waals surface area contributed by atoms with Gasteiger partial charge >= 0.3 is 5.97 Å². The molecule has 0 radical (unpaired) electrons. The maximum Gasteiger partial charge on any atom is 0.325 e. The molecule has 0 saturated carbocycles. The van der Waals surface area contributed by atoms with Crippen molar-refractivity contribution in [2.24, 2.45) is 10.7 Å². The van der Waals surface area contributed by atoms with Crippen molar-refractivity contribution in [3.05, 3.63) is 34.5 Å². The Hall–Kier alpha value is -2.23. The number of benzene rings is 1. The van der Waals surface area contributed by atoms with Crippen molar-refractivity contribution in [1.82, 2.24) is 10.4 Å². The van der Waals surface area contributed by atoms with E-state index in [1.807, 2.05) is 5.01 Å². The molecule has 9 heteroatoms. The summed E-state index contributed by atoms with van der Waals surface area (Å²) in [6, 6.07) is 3.74. The third kappa shape index (κ3) is 4.25. The lowest BCUT2D eigenvalue weighted by molar-refractivity contribution is -0.132. The molecular formula is C16H17FN4O3S. The maximum atomic E-state index is 13.4. The molecule has 2 heterocycles. The number of nitrogens with zero attached hydrogens (tertiary/aromatic N) is 2. The Bertz CT molecular complexity index is 760. The molecule has 132 valence electrons. The number of hydrogen-bond donors (Lipinski definition) is 2. The molecule has 1 fully saturated rings. The molecule has 0 bridgehead atoms. The molecule has 0 aliphatic carbocycles. The number of hydrazine groups is 1. The number of nitrogens with two attached hydrogens (primary N) is 1. The summed E-state index contributed by atoms with van der Waals surface area (Å²) < 4.78 is 18.5. The number of amidine groups is 1. The van der Waals surface area contributed by atoms with Crippen LogP contribution < -0.4 is 15.9 Å². The number of ether oxygens (including phenoxy) is 1. The van der Waals surface area contributed by atoms with Crippen molar-refractivity contribution in [2.45, 2.75) is 12.8 Å². The highest BCUT2D eigenvalue weighted by molar-refractivity contribution is 8.18. The zero-order chi connectivity index (χ0) is 17.8. The van der Waals surface area contributed by atoms with Crippen LogP contribution in [0.25, 0.3) is 6.08 Å². The van der Waals surface area contributed by atoms with Gasteiger partial charge in [0.2, 0.25) is 0 Å². The Kier molecular flexibility index (Phi) is 5.47. The molecule has 0 unspecified atom stereocenters. The van der Waals surface area contributed by atoms with Crippen molar-refractivity contribution in [3.63, 3.8) is 0 Å². The topological polar surface area (TPSA) is 97.0 Å². The van der Waals surface area contributed by atoms with Crippen molar-refractivity contribution in [2.75, 3.05) is 19.6 Å². The summed E-state index contributed by atoms with van der Waals surface area (Å²) in [7, 11) is 0. The van der Waals surface area contributed by atoms with E-state index in [-0.39, 0.29) is 18.2 Å². The van der Waals surface area contributed by atoms with E-state index in [4.69, 9.17) is 10.5 Å². The summed E-state index contributed by atoms with van der Waals surface area (Å²) in [5, 5.41) is 2.44. The third-order valence-electron chi connectivity index (χ3n) is 3.60. The summed E-state index contributed by atoms with van der Waals surface area (Å²) in [6.45, 7) is 1.29. The second kappa shape index (κ2) is 7.77. The Balaban J connectivity index is 1.81. The largest absolute Gasteiger partial charge is 0.425 e. The fraction of sp³-hybridized carbons (Fsp3) is 0.312. The van der Waals surface area contributed by atoms with E-state index < -0.39 is 11.8 Å². The molecule has 2 aliphatic heterocycles. The quantitative estimate of drug-likeness (QED) is 0.473. The predicted molar refractivity (Wildman–Crippen MR) is 93.0 cm³/mol. The van der Waals surface area contributed by atoms with Gasteiger partial charge in [-0.3, -0.25) is 14.6 Å². The highest BCUT2D eigenvalue weighted by Gasteiger charge is 2.27. The van der Waals surface area contributed by atoms with E-state index in [1.165, 1.54) is 30.0 Å². The number of rotatable bonds is 3. The first-order valence-electron chi connectivity index (χ1n) is 7.81. The van der Waals surface area contributed by atoms with Crippen LogP contribution >= 0.6 is 11.8 Å². The second-order valence-electron chi connectivity index (χ2n) is 5.44. The van der Waals surface area contributed by atoms with E-state index in [2.05, 4.69) is 10.4 Å². The minimum atomic E-state index is -0.690. The minimum absolute atomic E-state index is 0.0147. The van der Waals surface area contributed by atoms with Crippen molar-refractivity contribution in [3.8, 4) is 5.75 Å². The molecule has 0 atom stereocenters. The lowest BCUT2D eigenvalue weighted by atomic mass is 10.2. The Morgan fingerprint density at radius 1 is 1.48 bits per heavy atom. The van der Waals surface area contributed by atoms with Gasteiger partial charge in [0.05, 0.1) is 11.4 Å². The highest BCUT2D eigenvalue weighted by atomic mass is 32.2. The van der Waals surface area contributed by atoms with Crippen LogP contribution in [-0.2, 0) is 9.59 Å². The fourth-order valence-corrected chi connectivity index (χ4v) is 3.30. The molecule has 1 aromatic carbocycles. The Labute approximate surface area is 148 Å². The smallest absolute Gasteiger partial charge is 0.325 e. The van der Waals surface area contributed by atoms with E-state index in [0.29, 0.717) is 15.6 Å². The SMILES string of the molecule is NCC(=O)Oc1cc(F)ccc1/C=C1/SC(N2CCCCN2)=NC1=O. The number of hydrogen-bond acceptors (Lipinski definition) is 7. The Morgan fingerprint density at radius 2 is 2.32 bits per heavy atom. The molecule has 1 aromatic rings. The molecule has 2 aliphatic rings. The predicted octanol–water partition coefficient (Wildman–Crippen LogP) is 1.26. The first-order chi connectivity index (χ1) is 12.1. The maximum absolute atomic E-state index is 13.4. The summed E-state index contributed by atoms with van der Waals surface area (Å²) in [5.74, 6) is -1.61. The number of amides is 1. The number of halogens is 1. The van der Waals surface area contributed by atoms with Gasteiger partial charge in [-0.1, -0.05) is 0 Å². The normalized spacial score (nSPS) is 19.3. The summed E-state index contributed by atoms with van der Waals surface area (Å²) >= 11 is 1.22. The average molecular weight is 364 g/mol. The van der Waals surface area contributed by atoms with E-state index in [0.717, 1.165) is 32.0 Å². The van der Waals surface area contributed by atoms with Crippen LogP contribution in [0.5, 0.6) is 5.75 Å². The first kappa shape index (κ1) is 17.6. The van der Waals surface area contributed by atoms with Crippen LogP contribution in [0.15, 0.2) is 28.1 Å². The summed E-state index contributed by atoms with van der Waals surface area (Å²) in [4.78, 5) is 28.0. The molecule has 25 heavy (non-hydrogen) atoms. The number of esters is 1. The Morgan fingerprint density at radius 3 is 3.04 bits per heavy atom. The van der Waals surface area contributed by atoms with Gasteiger partial charge in [-0.2, -0.15) is 4.99 Å². The summed E-state index contributed by atoms with van der Waals surface area (Å²) in [6.07, 6.45) is 3.64. The van der Waals surface area contributed by atoms with E-state index in [9.17, 15) is 14.0 Å². The van der Waals surface area contributed by atoms with Crippen LogP contribution in [0, 0.1) is 5.82 Å². The van der Waals surface area contributed by atoms with Crippen LogP contribution in [0.2, 0.25) is 0 Å². The lowest BCUT2D eigenvalue weighted by Gasteiger charge is -2.28. The van der Waals surface area contributed by atoms with Gasteiger partial charge in [-0.15, -0.1) is 0 Å². The van der Waals surface area contributed by atoms with Gasteiger partial charge in [-0.05, 0) is 42.8 Å². The number of nitrogens with one attached hydrogen (secondary N) is 1. The number of thioether (sulfide) groups is 1. The van der Waals surface area contributed by atoms with Crippen molar-refractivity contribution < 1.29 is 18.7 Å². The minimum Gasteiger partial charge on any atom is -0.425 e. The van der Waals surface area contributed by atoms with Gasteiger partial charge in [0.15, 0.2) is 5.17 Å². The zero-order valence-corrected chi connectivity index (χ0v) is 14.1. The molecular weight excluding hydrogens is 347 g/mol. The van der Waals surface area contributed by atoms with E-state index >= 15 is 0 Å². The number of aliphatic imine (C=N–C) groups is 1. The lowest BCUT2D eigenvalue weighted by Crippen LogP contribution is -2.45. The molecule has 7 nitrogen and oxygen atoms in total. The zero-order valence-electron chi connectivity index (χ0n) is 13.3. The molecule has 0 aromatic heterocycles. The highest BCUT2D eigenvalue weighted by Crippen LogP contribution is 2.32. The van der Waals surface area contributed by atoms with Crippen LogP contribution in [-0.4, -0.2) is 41.7 Å². The molecule has 0 spiro atoms. The average Bonchev–Trinajstić information content (AvgIpc) is 2.98. The van der Waals surface area contributed by atoms with Gasteiger partial charge < -0.3 is 10.5 Å². The van der Waals surface area contributed by atoms with Gasteiger partial charge in [0.1, 0.15) is 11.6 Å². The van der Waals surface area contributed by atoms with Crippen LogP contribution in [0.3, 0.4) is 0 Å². The molecule has 3 N–H and O–H groups in total. The van der Waals surface area contributed by atoms with Gasteiger partial charge in [0, 0.05) is 24.7 Å². The second-order valence-corrected chi connectivity index (χ2v) is 6.45. The monoisotopic (exact) mass is 364 g/mol. The molecule has 3 rings (SSSR count). The molecule has 1 saturated heterocycles. The summed E-state index contributed by atoms with van der Waals surface area (Å²) in [5.41, 5.74) is 8.81. The number of carbonyl (C=O) groups excluding carboxylic acids is 2. The van der Waals surface area contributed by atoms with Crippen LogP contribution in [0.1, 0.15) is 18.4 Å². The fourth-order valence-electron chi connectivity index (χ4n) is 2.39. The number of carbonyl (C=O) groups is 2. The van der Waals surface area contributed by atoms with Crippen LogP contribution in [0.4, 0.5) is 4.39 Å². The van der Waals surface area contributed by atoms with Gasteiger partial charge in [0.25, 0.3) is 5.91 Å². The van der Waals surface area contributed by atoms with Crippen molar-refractivity contribution >= 4 is 34.9 Å². The van der Waals surface area contributed by atoms with Crippen molar-refractivity contribution in [1.29, 1.82) is 0 Å². The van der Waals surface area contributed by atoms with Gasteiger partial charge in [-0.25, -0.2) is 9.82 Å².